The number of hydrogen-bond donors (Lipinski definition) is 0. The summed E-state index contributed by atoms with van der Waals surface area (Å²) in [7, 11) is 1.57. The number of ketones is 1. The number of carbonyl (C=O) groups excluding carboxylic acids is 1. The maximum absolute atomic E-state index is 13.5. The van der Waals surface area contributed by atoms with E-state index in [1.165, 1.54) is 11.5 Å². The SMILES string of the molecule is CC(=O)C(C)n1c(=O)c2c(nc3n(-c4ccccc4C)c(-c4ccccc4)cn23)n(C)c1=O. The van der Waals surface area contributed by atoms with Crippen LogP contribution in [0.1, 0.15) is 25.5 Å². The molecule has 1 unspecified atom stereocenters. The van der Waals surface area contributed by atoms with Crippen LogP contribution in [-0.2, 0) is 11.8 Å². The monoisotopic (exact) mass is 441 g/mol. The third kappa shape index (κ3) is 2.98. The molecule has 1 atom stereocenters. The van der Waals surface area contributed by atoms with E-state index < -0.39 is 17.3 Å². The van der Waals surface area contributed by atoms with Crippen LogP contribution in [0.25, 0.3) is 33.9 Å². The van der Waals surface area contributed by atoms with Gasteiger partial charge in [0, 0.05) is 18.8 Å². The summed E-state index contributed by atoms with van der Waals surface area (Å²) < 4.78 is 6.04. The summed E-state index contributed by atoms with van der Waals surface area (Å²) in [6, 6.07) is 16.9. The van der Waals surface area contributed by atoms with Gasteiger partial charge in [-0.25, -0.2) is 9.36 Å². The van der Waals surface area contributed by atoms with Gasteiger partial charge in [-0.1, -0.05) is 48.5 Å². The molecule has 0 aliphatic heterocycles. The summed E-state index contributed by atoms with van der Waals surface area (Å²) in [5.41, 5.74) is 3.20. The molecule has 8 heteroatoms. The molecule has 8 nitrogen and oxygen atoms in total. The Bertz CT molecular complexity index is 1670. The van der Waals surface area contributed by atoms with Crippen molar-refractivity contribution in [1.29, 1.82) is 0 Å². The van der Waals surface area contributed by atoms with E-state index >= 15 is 0 Å². The van der Waals surface area contributed by atoms with Gasteiger partial charge < -0.3 is 0 Å². The standard InChI is InChI=1S/C25H23N5O3/c1-15-10-8-9-13-19(15)30-20(18-11-6-5-7-12-18)14-28-21-22(26-24(28)30)27(4)25(33)29(23(21)32)16(2)17(3)31/h5-14,16H,1-4H3. The van der Waals surface area contributed by atoms with Crippen LogP contribution in [0.5, 0.6) is 0 Å². The summed E-state index contributed by atoms with van der Waals surface area (Å²) in [6.45, 7) is 4.94. The van der Waals surface area contributed by atoms with E-state index in [1.54, 1.807) is 18.4 Å². The highest BCUT2D eigenvalue weighted by molar-refractivity contribution is 5.82. The smallest absolute Gasteiger partial charge is 0.298 e. The summed E-state index contributed by atoms with van der Waals surface area (Å²) in [6.07, 6.45) is 1.86. The zero-order valence-corrected chi connectivity index (χ0v) is 18.8. The predicted octanol–water partition coefficient (Wildman–Crippen LogP) is 3.26. The van der Waals surface area contributed by atoms with Gasteiger partial charge in [-0.15, -0.1) is 0 Å². The van der Waals surface area contributed by atoms with Crippen molar-refractivity contribution >= 4 is 22.7 Å². The molecule has 0 fully saturated rings. The van der Waals surface area contributed by atoms with Gasteiger partial charge in [0.15, 0.2) is 16.9 Å². The number of benzene rings is 2. The Morgan fingerprint density at radius 3 is 2.33 bits per heavy atom. The normalized spacial score (nSPS) is 12.5. The molecule has 0 N–H and O–H groups in total. The largest absolute Gasteiger partial charge is 0.333 e. The third-order valence-corrected chi connectivity index (χ3v) is 6.20. The van der Waals surface area contributed by atoms with Gasteiger partial charge in [-0.2, -0.15) is 4.98 Å². The number of para-hydroxylation sites is 1. The van der Waals surface area contributed by atoms with Gasteiger partial charge in [0.25, 0.3) is 5.56 Å². The van der Waals surface area contributed by atoms with E-state index in [2.05, 4.69) is 0 Å². The lowest BCUT2D eigenvalue weighted by Gasteiger charge is -2.13. The Hall–Kier alpha value is -4.20. The van der Waals surface area contributed by atoms with Crippen LogP contribution in [0.2, 0.25) is 0 Å². The van der Waals surface area contributed by atoms with Crippen molar-refractivity contribution in [2.75, 3.05) is 0 Å². The van der Waals surface area contributed by atoms with E-state index in [1.807, 2.05) is 72.3 Å². The molecule has 0 aliphatic rings. The highest BCUT2D eigenvalue weighted by atomic mass is 16.2. The zero-order valence-electron chi connectivity index (χ0n) is 18.8. The molecule has 2 aromatic carbocycles. The Kier molecular flexibility index (Phi) is 4.67. The van der Waals surface area contributed by atoms with Gasteiger partial charge >= 0.3 is 5.69 Å². The number of carbonyl (C=O) groups is 1. The van der Waals surface area contributed by atoms with Gasteiger partial charge in [-0.3, -0.25) is 23.1 Å². The molecule has 0 spiro atoms. The lowest BCUT2D eigenvalue weighted by atomic mass is 10.1. The molecular weight excluding hydrogens is 418 g/mol. The van der Waals surface area contributed by atoms with Crippen LogP contribution in [-0.4, -0.2) is 28.9 Å². The maximum Gasteiger partial charge on any atom is 0.333 e. The highest BCUT2D eigenvalue weighted by Crippen LogP contribution is 2.30. The first-order valence-electron chi connectivity index (χ1n) is 10.7. The average molecular weight is 441 g/mol. The molecule has 166 valence electrons. The maximum atomic E-state index is 13.5. The molecule has 0 radical (unpaired) electrons. The van der Waals surface area contributed by atoms with Gasteiger partial charge in [0.1, 0.15) is 0 Å². The molecule has 0 aliphatic carbocycles. The first-order valence-corrected chi connectivity index (χ1v) is 10.7. The fraction of sp³-hybridized carbons (Fsp3) is 0.200. The second-order valence-corrected chi connectivity index (χ2v) is 8.26. The number of imidazole rings is 2. The van der Waals surface area contributed by atoms with Crippen LogP contribution in [0, 0.1) is 6.92 Å². The van der Waals surface area contributed by atoms with E-state index in [-0.39, 0.29) is 16.9 Å². The predicted molar refractivity (Wildman–Crippen MR) is 127 cm³/mol. The molecule has 3 aromatic heterocycles. The summed E-state index contributed by atoms with van der Waals surface area (Å²) >= 11 is 0. The zero-order chi connectivity index (χ0) is 23.4. The second kappa shape index (κ2) is 7.44. The van der Waals surface area contributed by atoms with E-state index in [0.717, 1.165) is 27.1 Å². The molecule has 5 rings (SSSR count). The first kappa shape index (κ1) is 20.7. The van der Waals surface area contributed by atoms with E-state index in [0.29, 0.717) is 5.78 Å². The number of nitrogens with zero attached hydrogens (tertiary/aromatic N) is 5. The molecule has 0 amide bonds. The Morgan fingerprint density at radius 1 is 1.00 bits per heavy atom. The van der Waals surface area contributed by atoms with Crippen LogP contribution in [0.3, 0.4) is 0 Å². The lowest BCUT2D eigenvalue weighted by Crippen LogP contribution is -2.42. The summed E-state index contributed by atoms with van der Waals surface area (Å²) in [4.78, 5) is 43.2. The fourth-order valence-corrected chi connectivity index (χ4v) is 4.25. The van der Waals surface area contributed by atoms with Gasteiger partial charge in [-0.05, 0) is 32.4 Å². The number of hydrogen-bond acceptors (Lipinski definition) is 4. The van der Waals surface area contributed by atoms with Crippen LogP contribution >= 0.6 is 0 Å². The molecule has 3 heterocycles. The number of aryl methyl sites for hydroxylation is 2. The molecule has 0 bridgehead atoms. The summed E-state index contributed by atoms with van der Waals surface area (Å²) in [5.74, 6) is 0.246. The van der Waals surface area contributed by atoms with E-state index in [9.17, 15) is 14.4 Å². The summed E-state index contributed by atoms with van der Waals surface area (Å²) in [5, 5.41) is 0. The van der Waals surface area contributed by atoms with Gasteiger partial charge in [0.2, 0.25) is 5.78 Å². The molecular formula is C25H23N5O3. The quantitative estimate of drug-likeness (QED) is 0.429. The van der Waals surface area contributed by atoms with Crippen molar-refractivity contribution in [3.63, 3.8) is 0 Å². The Balaban J connectivity index is 1.97. The number of fused-ring (bicyclic) bond motifs is 3. The Morgan fingerprint density at radius 2 is 1.67 bits per heavy atom. The Labute approximate surface area is 189 Å². The fourth-order valence-electron chi connectivity index (χ4n) is 4.25. The number of rotatable bonds is 4. The van der Waals surface area contributed by atoms with Crippen molar-refractivity contribution in [2.24, 2.45) is 7.05 Å². The number of aromatic nitrogens is 5. The average Bonchev–Trinajstić information content (AvgIpc) is 3.35. The minimum absolute atomic E-state index is 0.254. The van der Waals surface area contributed by atoms with Crippen molar-refractivity contribution < 1.29 is 4.79 Å². The third-order valence-electron chi connectivity index (χ3n) is 6.20. The number of Topliss-reactive ketones (excluding diaryl/α,β-unsaturated/α-hetero) is 1. The first-order chi connectivity index (χ1) is 15.8. The van der Waals surface area contributed by atoms with Crippen molar-refractivity contribution in [3.05, 3.63) is 87.2 Å². The van der Waals surface area contributed by atoms with Crippen LogP contribution in [0.15, 0.2) is 70.4 Å². The molecule has 0 saturated carbocycles. The topological polar surface area (TPSA) is 83.3 Å². The molecule has 33 heavy (non-hydrogen) atoms. The van der Waals surface area contributed by atoms with Crippen LogP contribution in [0.4, 0.5) is 0 Å². The van der Waals surface area contributed by atoms with Crippen molar-refractivity contribution in [2.45, 2.75) is 26.8 Å². The molecule has 5 aromatic rings. The molecule has 0 saturated heterocycles. The second-order valence-electron chi connectivity index (χ2n) is 8.26. The minimum Gasteiger partial charge on any atom is -0.298 e. The minimum atomic E-state index is -0.877. The van der Waals surface area contributed by atoms with Crippen LogP contribution < -0.4 is 11.2 Å². The van der Waals surface area contributed by atoms with Crippen molar-refractivity contribution in [1.82, 2.24) is 23.1 Å². The van der Waals surface area contributed by atoms with Crippen molar-refractivity contribution in [3.8, 4) is 16.9 Å². The van der Waals surface area contributed by atoms with E-state index in [4.69, 9.17) is 4.98 Å². The highest BCUT2D eigenvalue weighted by Gasteiger charge is 2.25. The lowest BCUT2D eigenvalue weighted by molar-refractivity contribution is -0.119. The van der Waals surface area contributed by atoms with Gasteiger partial charge in [0.05, 0.1) is 17.4 Å².